The van der Waals surface area contributed by atoms with Crippen LogP contribution in [0.2, 0.25) is 0 Å². The van der Waals surface area contributed by atoms with Gasteiger partial charge in [-0.2, -0.15) is 0 Å². The second kappa shape index (κ2) is 14.5. The maximum absolute atomic E-state index is 3.52. The van der Waals surface area contributed by atoms with Crippen molar-refractivity contribution in [2.24, 2.45) is 0 Å². The first kappa shape index (κ1) is 24.9. The topological polar surface area (TPSA) is 0 Å². The van der Waals surface area contributed by atoms with Crippen molar-refractivity contribution in [3.63, 3.8) is 0 Å². The molecule has 3 aromatic carbocycles. The van der Waals surface area contributed by atoms with Crippen molar-refractivity contribution in [1.29, 1.82) is 0 Å². The van der Waals surface area contributed by atoms with Crippen LogP contribution in [0.25, 0.3) is 0 Å². The van der Waals surface area contributed by atoms with E-state index in [0.29, 0.717) is 0 Å². The Morgan fingerprint density at radius 3 is 1.34 bits per heavy atom. The van der Waals surface area contributed by atoms with Crippen LogP contribution in [-0.2, 0) is 0 Å². The highest BCUT2D eigenvalue weighted by molar-refractivity contribution is 9.09. The number of halogens is 1. The highest BCUT2D eigenvalue weighted by Gasteiger charge is 2.43. The van der Waals surface area contributed by atoms with Crippen molar-refractivity contribution in [3.8, 4) is 0 Å². The molecule has 3 rings (SSSR count). The molecule has 0 spiro atoms. The number of unbranched alkanes of at least 4 members (excludes halogenated alkanes) is 7. The lowest BCUT2D eigenvalue weighted by Gasteiger charge is -2.26. The van der Waals surface area contributed by atoms with Crippen molar-refractivity contribution >= 4 is 39.1 Å². The molecule has 0 radical (unpaired) electrons. The molecular formula is C30H37BrP+. The maximum Gasteiger partial charge on any atom is 0.115 e. The number of allylic oxidation sites excluding steroid dienone is 2. The van der Waals surface area contributed by atoms with Gasteiger partial charge >= 0.3 is 0 Å². The molecule has 0 saturated heterocycles. The Bertz CT molecular complexity index is 793. The van der Waals surface area contributed by atoms with Crippen LogP contribution in [0, 0.1) is 0 Å². The van der Waals surface area contributed by atoms with Gasteiger partial charge in [0.1, 0.15) is 23.2 Å². The Morgan fingerprint density at radius 2 is 0.906 bits per heavy atom. The normalized spacial score (nSPS) is 11.8. The van der Waals surface area contributed by atoms with Gasteiger partial charge in [0, 0.05) is 5.33 Å². The Hall–Kier alpha value is -1.69. The number of rotatable bonds is 14. The lowest BCUT2D eigenvalue weighted by atomic mass is 10.1. The average Bonchev–Trinajstić information content (AvgIpc) is 2.87. The summed E-state index contributed by atoms with van der Waals surface area (Å²) in [4.78, 5) is 0. The van der Waals surface area contributed by atoms with Crippen LogP contribution in [-0.4, -0.2) is 11.5 Å². The van der Waals surface area contributed by atoms with Crippen LogP contribution in [0.4, 0.5) is 0 Å². The van der Waals surface area contributed by atoms with E-state index in [4.69, 9.17) is 0 Å². The molecule has 0 aliphatic heterocycles. The smallest absolute Gasteiger partial charge is 0.0928 e. The van der Waals surface area contributed by atoms with Gasteiger partial charge < -0.3 is 0 Å². The molecular weight excluding hydrogens is 471 g/mol. The summed E-state index contributed by atoms with van der Waals surface area (Å²) in [6.45, 7) is 0. The van der Waals surface area contributed by atoms with Gasteiger partial charge in [0.15, 0.2) is 0 Å². The Labute approximate surface area is 204 Å². The largest absolute Gasteiger partial charge is 0.115 e. The van der Waals surface area contributed by atoms with Gasteiger partial charge in [0.2, 0.25) is 0 Å². The fourth-order valence-electron chi connectivity index (χ4n) is 4.40. The summed E-state index contributed by atoms with van der Waals surface area (Å²) in [5.74, 6) is 0. The fraction of sp³-hybridized carbons (Fsp3) is 0.333. The molecule has 168 valence electrons. The minimum absolute atomic E-state index is 1.08. The third-order valence-electron chi connectivity index (χ3n) is 6.14. The van der Waals surface area contributed by atoms with Crippen molar-refractivity contribution in [2.75, 3.05) is 11.5 Å². The molecule has 0 heterocycles. The zero-order chi connectivity index (χ0) is 22.3. The monoisotopic (exact) mass is 507 g/mol. The Kier molecular flexibility index (Phi) is 11.3. The standard InChI is InChI=1S/C30H37BrP/c31-26-18-7-5-3-1-2-4-6-8-19-27-32(28-20-12-9-13-21-28,29-22-14-10-15-23-29)30-24-16-11-17-25-30/h8-17,19-25H,1-7,18,26-27H2/q+1. The van der Waals surface area contributed by atoms with Crippen LogP contribution in [0.3, 0.4) is 0 Å². The lowest BCUT2D eigenvalue weighted by molar-refractivity contribution is 0.594. The van der Waals surface area contributed by atoms with Crippen molar-refractivity contribution in [2.45, 2.75) is 51.4 Å². The zero-order valence-electron chi connectivity index (χ0n) is 19.2. The van der Waals surface area contributed by atoms with E-state index in [-0.39, 0.29) is 0 Å². The van der Waals surface area contributed by atoms with Gasteiger partial charge in [0.05, 0.1) is 6.16 Å². The predicted octanol–water partition coefficient (Wildman–Crippen LogP) is 8.05. The van der Waals surface area contributed by atoms with Gasteiger partial charge in [-0.15, -0.1) is 0 Å². The van der Waals surface area contributed by atoms with Gasteiger partial charge in [-0.3, -0.25) is 0 Å². The first-order valence-corrected chi connectivity index (χ1v) is 15.2. The molecule has 0 N–H and O–H groups in total. The molecule has 3 aromatic rings. The molecule has 0 saturated carbocycles. The van der Waals surface area contributed by atoms with E-state index < -0.39 is 7.26 Å². The number of hydrogen-bond acceptors (Lipinski definition) is 0. The second-order valence-corrected chi connectivity index (χ2v) is 12.7. The van der Waals surface area contributed by atoms with E-state index in [1.165, 1.54) is 67.3 Å². The SMILES string of the molecule is BrCCCCCCCCCC=CC[P+](c1ccccc1)(c1ccccc1)c1ccccc1. The molecule has 0 unspecified atom stereocenters. The molecule has 32 heavy (non-hydrogen) atoms. The minimum atomic E-state index is -1.72. The first-order valence-electron chi connectivity index (χ1n) is 12.1. The van der Waals surface area contributed by atoms with E-state index in [9.17, 15) is 0 Å². The Balaban J connectivity index is 1.71. The highest BCUT2D eigenvalue weighted by atomic mass is 79.9. The second-order valence-electron chi connectivity index (χ2n) is 8.42. The molecule has 0 nitrogen and oxygen atoms in total. The Morgan fingerprint density at radius 1 is 0.500 bits per heavy atom. The minimum Gasteiger partial charge on any atom is -0.0928 e. The summed E-state index contributed by atoms with van der Waals surface area (Å²) in [6, 6.07) is 33.5. The zero-order valence-corrected chi connectivity index (χ0v) is 21.7. The predicted molar refractivity (Wildman–Crippen MR) is 150 cm³/mol. The summed E-state index contributed by atoms with van der Waals surface area (Å²) in [7, 11) is -1.72. The van der Waals surface area contributed by atoms with Gasteiger partial charge in [-0.25, -0.2) is 0 Å². The highest BCUT2D eigenvalue weighted by Crippen LogP contribution is 2.55. The third kappa shape index (κ3) is 7.16. The molecule has 0 aliphatic rings. The van der Waals surface area contributed by atoms with Crippen LogP contribution in [0.15, 0.2) is 103 Å². The molecule has 0 fully saturated rings. The van der Waals surface area contributed by atoms with Crippen LogP contribution in [0.5, 0.6) is 0 Å². The van der Waals surface area contributed by atoms with E-state index >= 15 is 0 Å². The average molecular weight is 509 g/mol. The molecule has 0 aliphatic carbocycles. The molecule has 0 amide bonds. The summed E-state index contributed by atoms with van der Waals surface area (Å²) >= 11 is 3.52. The van der Waals surface area contributed by atoms with Crippen molar-refractivity contribution in [3.05, 3.63) is 103 Å². The van der Waals surface area contributed by atoms with Crippen molar-refractivity contribution in [1.82, 2.24) is 0 Å². The molecule has 2 heteroatoms. The first-order chi connectivity index (χ1) is 15.9. The summed E-state index contributed by atoms with van der Waals surface area (Å²) in [5, 5.41) is 5.54. The summed E-state index contributed by atoms with van der Waals surface area (Å²) < 4.78 is 0. The quantitative estimate of drug-likeness (QED) is 0.0895. The van der Waals surface area contributed by atoms with E-state index in [0.717, 1.165) is 11.5 Å². The van der Waals surface area contributed by atoms with Crippen LogP contribution >= 0.6 is 23.2 Å². The fourth-order valence-corrected chi connectivity index (χ4v) is 8.83. The molecule has 0 atom stereocenters. The number of alkyl halides is 1. The molecule has 0 aromatic heterocycles. The lowest BCUT2D eigenvalue weighted by Crippen LogP contribution is -2.32. The molecule has 0 bridgehead atoms. The number of benzene rings is 3. The van der Waals surface area contributed by atoms with Crippen LogP contribution < -0.4 is 15.9 Å². The number of hydrogen-bond donors (Lipinski definition) is 0. The summed E-state index contributed by atoms with van der Waals surface area (Å²) in [5.41, 5.74) is 0. The van der Waals surface area contributed by atoms with E-state index in [2.05, 4.69) is 119 Å². The van der Waals surface area contributed by atoms with Gasteiger partial charge in [-0.05, 0) is 55.7 Å². The third-order valence-corrected chi connectivity index (χ3v) is 11.0. The maximum atomic E-state index is 3.52. The van der Waals surface area contributed by atoms with Gasteiger partial charge in [0.25, 0.3) is 0 Å². The van der Waals surface area contributed by atoms with E-state index in [1.54, 1.807) is 0 Å². The van der Waals surface area contributed by atoms with Gasteiger partial charge in [-0.1, -0.05) is 115 Å². The van der Waals surface area contributed by atoms with Crippen LogP contribution in [0.1, 0.15) is 51.4 Å². The summed E-state index contributed by atoms with van der Waals surface area (Å²) in [6.07, 6.45) is 16.7. The van der Waals surface area contributed by atoms with Crippen molar-refractivity contribution < 1.29 is 0 Å². The van der Waals surface area contributed by atoms with E-state index in [1.807, 2.05) is 0 Å².